The summed E-state index contributed by atoms with van der Waals surface area (Å²) in [4.78, 5) is 64.7. The van der Waals surface area contributed by atoms with Crippen LogP contribution in [0.4, 0.5) is 11.4 Å². The normalized spacial score (nSPS) is 29.9. The number of carbonyl (C=O) groups excluding carboxylic acids is 2. The summed E-state index contributed by atoms with van der Waals surface area (Å²) >= 11 is 0. The van der Waals surface area contributed by atoms with Crippen molar-refractivity contribution in [3.05, 3.63) is 79.5 Å². The highest BCUT2D eigenvalue weighted by Crippen LogP contribution is 2.42. The molecule has 1 fully saturated rings. The standard InChI is InChI=1S/C51H64N4O13/c1-12-26(4)54-17-19-55(20-18-54)32-22-33(57)39-35(23-32)67-48-40(52-39)36-37-44(60)30(8)47-38(36)49(62)51(10,68-47)65-21-16-34(64-11)27(5)46(66-31(9)56)29(7)43(59)28(6)42(58)24(2)14-13-15-25(3)50(63)53-41(48)45(37)61/h13-16,21-24,26-29,34,42-43,46,58-60,62H,12,17-20H2,1-11H3,(H,53,63)/b14-13+,21-16+,25-15-. The number of phenols is 1. The van der Waals surface area contributed by atoms with E-state index in [1.807, 2.05) is 0 Å². The van der Waals surface area contributed by atoms with E-state index in [0.717, 1.165) is 19.5 Å². The molecular weight excluding hydrogens is 877 g/mol. The zero-order chi connectivity index (χ0) is 49.7. The van der Waals surface area contributed by atoms with Gasteiger partial charge in [0, 0.05) is 111 Å². The third-order valence-corrected chi connectivity index (χ3v) is 14.3. The summed E-state index contributed by atoms with van der Waals surface area (Å²) < 4.78 is 30.6. The number of rotatable bonds is 5. The zero-order valence-corrected chi connectivity index (χ0v) is 40.6. The lowest BCUT2D eigenvalue weighted by Crippen LogP contribution is -2.49. The fraction of sp³-hybridized carbons (Fsp3) is 0.510. The van der Waals surface area contributed by atoms with Gasteiger partial charge < -0.3 is 54.0 Å². The lowest BCUT2D eigenvalue weighted by Gasteiger charge is -2.38. The summed E-state index contributed by atoms with van der Waals surface area (Å²) in [6.45, 7) is 19.8. The van der Waals surface area contributed by atoms with E-state index >= 15 is 0 Å². The van der Waals surface area contributed by atoms with Crippen molar-refractivity contribution in [2.24, 2.45) is 23.7 Å². The van der Waals surface area contributed by atoms with Crippen LogP contribution in [0.25, 0.3) is 38.7 Å². The molecule has 4 heterocycles. The molecule has 17 heteroatoms. The monoisotopic (exact) mass is 940 g/mol. The van der Waals surface area contributed by atoms with E-state index in [9.17, 15) is 39.6 Å². The average molecular weight is 941 g/mol. The Morgan fingerprint density at radius 2 is 1.66 bits per heavy atom. The zero-order valence-electron chi connectivity index (χ0n) is 40.6. The van der Waals surface area contributed by atoms with Gasteiger partial charge in [-0.05, 0) is 33.3 Å². The lowest BCUT2D eigenvalue weighted by atomic mass is 9.78. The lowest BCUT2D eigenvalue weighted by molar-refractivity contribution is -0.160. The molecular formula is C51H64N4O13. The number of aromatic nitrogens is 1. The molecule has 0 spiro atoms. The number of aromatic hydroxyl groups is 1. The first-order chi connectivity index (χ1) is 32.1. The highest BCUT2D eigenvalue weighted by Gasteiger charge is 2.44. The van der Waals surface area contributed by atoms with Gasteiger partial charge in [0.05, 0.1) is 35.2 Å². The van der Waals surface area contributed by atoms with Crippen LogP contribution in [-0.2, 0) is 23.8 Å². The van der Waals surface area contributed by atoms with Gasteiger partial charge >= 0.3 is 11.8 Å². The van der Waals surface area contributed by atoms with Gasteiger partial charge in [0.2, 0.25) is 10.9 Å². The Labute approximate surface area is 394 Å². The van der Waals surface area contributed by atoms with E-state index in [-0.39, 0.29) is 60.8 Å². The Morgan fingerprint density at radius 3 is 2.31 bits per heavy atom. The predicted molar refractivity (Wildman–Crippen MR) is 259 cm³/mol. The highest BCUT2D eigenvalue weighted by atomic mass is 16.7. The molecule has 1 aromatic heterocycles. The molecule has 5 bridgehead atoms. The molecule has 1 saturated heterocycles. The summed E-state index contributed by atoms with van der Waals surface area (Å²) in [5.74, 6) is -6.93. The smallest absolute Gasteiger partial charge is 0.307 e. The van der Waals surface area contributed by atoms with Gasteiger partial charge in [-0.1, -0.05) is 52.8 Å². The maximum Gasteiger partial charge on any atom is 0.307 e. The molecule has 3 aliphatic rings. The minimum atomic E-state index is -1.98. The second kappa shape index (κ2) is 19.5. The number of aliphatic hydroxyl groups is 3. The third-order valence-electron chi connectivity index (χ3n) is 14.3. The first-order valence-electron chi connectivity index (χ1n) is 23.3. The van der Waals surface area contributed by atoms with Crippen LogP contribution in [-0.4, -0.2) is 112 Å². The van der Waals surface area contributed by atoms with Crippen LogP contribution in [0, 0.1) is 30.6 Å². The Morgan fingerprint density at radius 1 is 0.971 bits per heavy atom. The second-order valence-electron chi connectivity index (χ2n) is 18.8. The van der Waals surface area contributed by atoms with E-state index in [4.69, 9.17) is 28.3 Å². The molecule has 10 atom stereocenters. The maximum atomic E-state index is 14.9. The molecule has 1 amide bonds. The Bertz CT molecular complexity index is 2900. The number of hydrogen-bond acceptors (Lipinski definition) is 16. The molecule has 7 rings (SSSR count). The summed E-state index contributed by atoms with van der Waals surface area (Å²) in [5, 5.41) is 49.3. The molecule has 4 aromatic rings. The van der Waals surface area contributed by atoms with E-state index in [0.29, 0.717) is 24.8 Å². The number of hydrogen-bond donors (Lipinski definition) is 5. The number of nitrogens with one attached hydrogen (secondary N) is 1. The average Bonchev–Trinajstić information content (AvgIpc) is 3.58. The van der Waals surface area contributed by atoms with Crippen LogP contribution in [0.5, 0.6) is 11.5 Å². The number of nitrogens with zero attached hydrogens (tertiary/aromatic N) is 3. The largest absolute Gasteiger partial charge is 0.507 e. The van der Waals surface area contributed by atoms with Crippen LogP contribution in [0.3, 0.4) is 0 Å². The van der Waals surface area contributed by atoms with Gasteiger partial charge in [0.15, 0.2) is 22.4 Å². The fourth-order valence-electron chi connectivity index (χ4n) is 9.74. The molecule has 3 aliphatic heterocycles. The van der Waals surface area contributed by atoms with Crippen LogP contribution < -0.4 is 31.0 Å². The number of piperazine rings is 1. The van der Waals surface area contributed by atoms with E-state index in [2.05, 4.69) is 29.0 Å². The summed E-state index contributed by atoms with van der Waals surface area (Å²) in [6, 6.07) is 3.57. The van der Waals surface area contributed by atoms with Crippen molar-refractivity contribution in [1.29, 1.82) is 0 Å². The number of carbonyl (C=O) groups is 2. The van der Waals surface area contributed by atoms with Gasteiger partial charge in [0.25, 0.3) is 5.91 Å². The number of methoxy groups -OCH3 is 1. The topological polar surface area (TPSA) is 231 Å². The highest BCUT2D eigenvalue weighted by molar-refractivity contribution is 6.16. The van der Waals surface area contributed by atoms with E-state index in [1.54, 1.807) is 45.9 Å². The number of allylic oxidation sites excluding steroid dienone is 2. The summed E-state index contributed by atoms with van der Waals surface area (Å²) in [5.41, 5.74) is -1.35. The second-order valence-corrected chi connectivity index (χ2v) is 18.8. The predicted octanol–water partition coefficient (Wildman–Crippen LogP) is 5.48. The van der Waals surface area contributed by atoms with Crippen molar-refractivity contribution in [2.45, 2.75) is 112 Å². The number of amides is 1. The van der Waals surface area contributed by atoms with Crippen LogP contribution >= 0.6 is 0 Å². The van der Waals surface area contributed by atoms with Gasteiger partial charge in [0.1, 0.15) is 28.8 Å². The van der Waals surface area contributed by atoms with Crippen molar-refractivity contribution < 1.29 is 53.4 Å². The van der Waals surface area contributed by atoms with Gasteiger partial charge in [-0.25, -0.2) is 4.98 Å². The number of phenolic OH excluding ortho intramolecular Hbond substituents is 1. The van der Waals surface area contributed by atoms with Gasteiger partial charge in [-0.3, -0.25) is 24.1 Å². The fourth-order valence-corrected chi connectivity index (χ4v) is 9.74. The van der Waals surface area contributed by atoms with Crippen molar-refractivity contribution in [3.63, 3.8) is 0 Å². The van der Waals surface area contributed by atoms with Gasteiger partial charge in [-0.15, -0.1) is 0 Å². The first-order valence-corrected chi connectivity index (χ1v) is 23.3. The number of fused-ring (bicyclic) bond motifs is 5. The van der Waals surface area contributed by atoms with Crippen LogP contribution in [0.2, 0.25) is 0 Å². The Hall–Kier alpha value is -6.01. The molecule has 10 unspecified atom stereocenters. The Kier molecular flexibility index (Phi) is 14.3. The first kappa shape index (κ1) is 49.9. The number of benzene rings is 3. The molecule has 0 saturated carbocycles. The van der Waals surface area contributed by atoms with Crippen molar-refractivity contribution in [3.8, 4) is 11.5 Å². The number of aliphatic hydroxyl groups excluding tert-OH is 3. The quantitative estimate of drug-likeness (QED) is 0.0948. The van der Waals surface area contributed by atoms with Gasteiger partial charge in [-0.2, -0.15) is 0 Å². The van der Waals surface area contributed by atoms with Crippen molar-refractivity contribution in [1.82, 2.24) is 9.88 Å². The molecule has 3 aromatic carbocycles. The van der Waals surface area contributed by atoms with E-state index < -0.39 is 88.1 Å². The third kappa shape index (κ3) is 9.04. The molecule has 0 aliphatic carbocycles. The van der Waals surface area contributed by atoms with Crippen molar-refractivity contribution >= 4 is 62.0 Å². The van der Waals surface area contributed by atoms with Crippen LogP contribution in [0.15, 0.2) is 62.3 Å². The molecule has 0 radical (unpaired) electrons. The molecule has 68 heavy (non-hydrogen) atoms. The summed E-state index contributed by atoms with van der Waals surface area (Å²) in [7, 11) is 1.45. The molecule has 366 valence electrons. The van der Waals surface area contributed by atoms with Crippen molar-refractivity contribution in [2.75, 3.05) is 43.5 Å². The van der Waals surface area contributed by atoms with E-state index in [1.165, 1.54) is 59.3 Å². The minimum absolute atomic E-state index is 0.0388. The molecule has 5 N–H and O–H groups in total. The maximum absolute atomic E-state index is 14.9. The van der Waals surface area contributed by atoms with Crippen LogP contribution in [0.1, 0.15) is 74.3 Å². The number of esters is 1. The number of ether oxygens (including phenoxy) is 4. The Balaban J connectivity index is 1.46. The minimum Gasteiger partial charge on any atom is -0.507 e. The summed E-state index contributed by atoms with van der Waals surface area (Å²) in [6.07, 6.45) is 4.58. The SMILES string of the molecule is CCC(C)N1CCN(c2cc(=O)c3nc4c(oc3c2)c2c(=O)c3c(O)c(C)c5c(c34)=C(O)C(C)(O/C=C/C(OC)C(C)C(OC(C)=O)C(C)C(O)C(C)C(O)C(C)/C=C/C=C(/C)C(=O)N2)O5)CC1. The molecule has 17 nitrogen and oxygen atoms in total. The number of anilines is 2.